The second-order valence-electron chi connectivity index (χ2n) is 5.00. The van der Waals surface area contributed by atoms with Crippen molar-refractivity contribution in [3.63, 3.8) is 0 Å². The third kappa shape index (κ3) is 2.20. The molecule has 0 amide bonds. The summed E-state index contributed by atoms with van der Waals surface area (Å²) in [5.74, 6) is 1.16. The van der Waals surface area contributed by atoms with E-state index in [1.54, 1.807) is 0 Å². The summed E-state index contributed by atoms with van der Waals surface area (Å²) in [6, 6.07) is 11.0. The first-order valence-electron chi connectivity index (χ1n) is 6.63. The first-order chi connectivity index (χ1) is 8.84. The van der Waals surface area contributed by atoms with Crippen molar-refractivity contribution in [2.75, 3.05) is 44.7 Å². The van der Waals surface area contributed by atoms with E-state index in [9.17, 15) is 0 Å². The van der Waals surface area contributed by atoms with E-state index in [1.165, 1.54) is 5.69 Å². The topological polar surface area (TPSA) is 30.9 Å². The van der Waals surface area contributed by atoms with E-state index in [2.05, 4.69) is 57.5 Å². The molecule has 0 aromatic heterocycles. The molecule has 2 aliphatic rings. The summed E-state index contributed by atoms with van der Waals surface area (Å²) in [6.45, 7) is 5.11. The summed E-state index contributed by atoms with van der Waals surface area (Å²) in [5, 5.41) is 3.43. The van der Waals surface area contributed by atoms with E-state index in [0.29, 0.717) is 6.04 Å². The van der Waals surface area contributed by atoms with Crippen LogP contribution in [0.25, 0.3) is 0 Å². The van der Waals surface area contributed by atoms with Crippen molar-refractivity contribution in [3.8, 4) is 0 Å². The predicted molar refractivity (Wildman–Crippen MR) is 75.4 cm³/mol. The van der Waals surface area contributed by atoms with Gasteiger partial charge in [-0.3, -0.25) is 4.99 Å². The zero-order chi connectivity index (χ0) is 12.4. The van der Waals surface area contributed by atoms with E-state index in [1.807, 2.05) is 0 Å². The summed E-state index contributed by atoms with van der Waals surface area (Å²) in [6.07, 6.45) is 0. The van der Waals surface area contributed by atoms with Crippen LogP contribution in [0.5, 0.6) is 0 Å². The molecule has 2 heterocycles. The quantitative estimate of drug-likeness (QED) is 0.835. The molecule has 0 aliphatic carbocycles. The predicted octanol–water partition coefficient (Wildman–Crippen LogP) is 0.809. The average Bonchev–Trinajstić information content (AvgIpc) is 2.93. The van der Waals surface area contributed by atoms with Crippen molar-refractivity contribution in [2.45, 2.75) is 6.04 Å². The molecule has 3 rings (SSSR count). The fraction of sp³-hybridized carbons (Fsp3) is 0.500. The minimum Gasteiger partial charge on any atom is -0.370 e. The number of hydrogen-bond acceptors (Lipinski definition) is 4. The zero-order valence-electron chi connectivity index (χ0n) is 10.8. The molecular formula is C14H20N4. The molecule has 1 aromatic rings. The first-order valence-corrected chi connectivity index (χ1v) is 6.63. The maximum atomic E-state index is 4.61. The number of nitrogens with zero attached hydrogens (tertiary/aromatic N) is 3. The summed E-state index contributed by atoms with van der Waals surface area (Å²) in [5.41, 5.74) is 1.30. The Morgan fingerprint density at radius 3 is 2.78 bits per heavy atom. The molecule has 0 saturated carbocycles. The summed E-state index contributed by atoms with van der Waals surface area (Å²) >= 11 is 0. The Labute approximate surface area is 108 Å². The fourth-order valence-electron chi connectivity index (χ4n) is 2.72. The number of likely N-dealkylation sites (N-methyl/N-ethyl adjacent to an activating group) is 1. The van der Waals surface area contributed by atoms with Crippen LogP contribution in [0.3, 0.4) is 0 Å². The number of rotatable bonds is 2. The van der Waals surface area contributed by atoms with E-state index in [4.69, 9.17) is 0 Å². The van der Waals surface area contributed by atoms with Crippen molar-refractivity contribution >= 4 is 11.5 Å². The van der Waals surface area contributed by atoms with Gasteiger partial charge in [-0.15, -0.1) is 0 Å². The first kappa shape index (κ1) is 11.5. The molecular weight excluding hydrogens is 224 g/mol. The highest BCUT2D eigenvalue weighted by atomic mass is 15.3. The number of aliphatic imine (C=N–C) groups is 1. The Kier molecular flexibility index (Phi) is 3.19. The van der Waals surface area contributed by atoms with Crippen LogP contribution in [-0.2, 0) is 0 Å². The largest absolute Gasteiger partial charge is 0.370 e. The van der Waals surface area contributed by atoms with Gasteiger partial charge in [0.2, 0.25) is 0 Å². The molecule has 18 heavy (non-hydrogen) atoms. The monoisotopic (exact) mass is 244 g/mol. The smallest absolute Gasteiger partial charge is 0.121 e. The highest BCUT2D eigenvalue weighted by Crippen LogP contribution is 2.20. The number of hydrogen-bond donors (Lipinski definition) is 1. The summed E-state index contributed by atoms with van der Waals surface area (Å²) in [7, 11) is 2.19. The van der Waals surface area contributed by atoms with Gasteiger partial charge in [-0.25, -0.2) is 0 Å². The van der Waals surface area contributed by atoms with Crippen LogP contribution >= 0.6 is 0 Å². The van der Waals surface area contributed by atoms with Gasteiger partial charge in [0.15, 0.2) is 0 Å². The maximum Gasteiger partial charge on any atom is 0.121 e. The van der Waals surface area contributed by atoms with Gasteiger partial charge in [-0.1, -0.05) is 18.2 Å². The van der Waals surface area contributed by atoms with Crippen LogP contribution in [0.4, 0.5) is 5.69 Å². The van der Waals surface area contributed by atoms with Gasteiger partial charge < -0.3 is 15.1 Å². The van der Waals surface area contributed by atoms with Crippen LogP contribution in [0, 0.1) is 0 Å². The van der Waals surface area contributed by atoms with Crippen LogP contribution < -0.4 is 10.2 Å². The Morgan fingerprint density at radius 1 is 1.22 bits per heavy atom. The molecule has 0 spiro atoms. The highest BCUT2D eigenvalue weighted by Gasteiger charge is 2.30. The summed E-state index contributed by atoms with van der Waals surface area (Å²) < 4.78 is 0. The SMILES string of the molecule is CN1CCN(c2ccccc2)C(C2=NCCN2)C1. The highest BCUT2D eigenvalue weighted by molar-refractivity contribution is 5.92. The molecule has 0 bridgehead atoms. The summed E-state index contributed by atoms with van der Waals surface area (Å²) in [4.78, 5) is 9.46. The van der Waals surface area contributed by atoms with Gasteiger partial charge in [0, 0.05) is 31.9 Å². The Hall–Kier alpha value is -1.55. The fourth-order valence-corrected chi connectivity index (χ4v) is 2.72. The van der Waals surface area contributed by atoms with Gasteiger partial charge in [0.25, 0.3) is 0 Å². The molecule has 1 aromatic carbocycles. The van der Waals surface area contributed by atoms with Crippen LogP contribution in [-0.4, -0.2) is 56.5 Å². The van der Waals surface area contributed by atoms with Gasteiger partial charge in [0.1, 0.15) is 5.84 Å². The number of benzene rings is 1. The second-order valence-corrected chi connectivity index (χ2v) is 5.00. The molecule has 1 fully saturated rings. The van der Waals surface area contributed by atoms with Gasteiger partial charge in [-0.05, 0) is 19.2 Å². The number of nitrogens with one attached hydrogen (secondary N) is 1. The van der Waals surface area contributed by atoms with E-state index >= 15 is 0 Å². The maximum absolute atomic E-state index is 4.61. The van der Waals surface area contributed by atoms with Gasteiger partial charge in [0.05, 0.1) is 12.6 Å². The lowest BCUT2D eigenvalue weighted by molar-refractivity contribution is 0.292. The molecule has 4 nitrogen and oxygen atoms in total. The molecule has 1 saturated heterocycles. The average molecular weight is 244 g/mol. The molecule has 1 N–H and O–H groups in total. The Bertz CT molecular complexity index is 429. The van der Waals surface area contributed by atoms with E-state index in [0.717, 1.165) is 38.6 Å². The third-order valence-electron chi connectivity index (χ3n) is 3.69. The molecule has 2 aliphatic heterocycles. The second kappa shape index (κ2) is 4.98. The lowest BCUT2D eigenvalue weighted by Crippen LogP contribution is -2.57. The molecule has 0 radical (unpaired) electrons. The van der Waals surface area contributed by atoms with Crippen molar-refractivity contribution in [1.29, 1.82) is 0 Å². The van der Waals surface area contributed by atoms with E-state index in [-0.39, 0.29) is 0 Å². The van der Waals surface area contributed by atoms with Crippen LogP contribution in [0.2, 0.25) is 0 Å². The normalized spacial score (nSPS) is 24.8. The number of amidine groups is 1. The van der Waals surface area contributed by atoms with Crippen LogP contribution in [0.1, 0.15) is 0 Å². The zero-order valence-corrected chi connectivity index (χ0v) is 10.8. The molecule has 1 unspecified atom stereocenters. The molecule has 1 atom stereocenters. The van der Waals surface area contributed by atoms with Crippen molar-refractivity contribution in [1.82, 2.24) is 10.2 Å². The van der Waals surface area contributed by atoms with Gasteiger partial charge in [-0.2, -0.15) is 0 Å². The lowest BCUT2D eigenvalue weighted by atomic mass is 10.1. The standard InChI is InChI=1S/C14H20N4/c1-17-9-10-18(12-5-3-2-4-6-12)13(11-17)14-15-7-8-16-14/h2-6,13H,7-11H2,1H3,(H,15,16). The van der Waals surface area contributed by atoms with Crippen molar-refractivity contribution in [3.05, 3.63) is 30.3 Å². The van der Waals surface area contributed by atoms with Crippen molar-refractivity contribution in [2.24, 2.45) is 4.99 Å². The minimum atomic E-state index is 0.369. The van der Waals surface area contributed by atoms with Crippen LogP contribution in [0.15, 0.2) is 35.3 Å². The van der Waals surface area contributed by atoms with E-state index < -0.39 is 0 Å². The lowest BCUT2D eigenvalue weighted by Gasteiger charge is -2.41. The molecule has 4 heteroatoms. The Morgan fingerprint density at radius 2 is 2.06 bits per heavy atom. The van der Waals surface area contributed by atoms with Gasteiger partial charge >= 0.3 is 0 Å². The molecule has 96 valence electrons. The third-order valence-corrected chi connectivity index (χ3v) is 3.69. The Balaban J connectivity index is 1.86. The number of para-hydroxylation sites is 1. The van der Waals surface area contributed by atoms with Crippen molar-refractivity contribution < 1.29 is 0 Å². The number of anilines is 1. The minimum absolute atomic E-state index is 0.369. The number of piperazine rings is 1.